The van der Waals surface area contributed by atoms with Crippen LogP contribution in [0, 0.1) is 6.92 Å². The first-order chi connectivity index (χ1) is 10.1. The molecule has 0 amide bonds. The van der Waals surface area contributed by atoms with Gasteiger partial charge in [0, 0.05) is 7.05 Å². The van der Waals surface area contributed by atoms with Crippen LogP contribution in [0.4, 0.5) is 0 Å². The van der Waals surface area contributed by atoms with Crippen molar-refractivity contribution in [1.29, 1.82) is 0 Å². The maximum absolute atomic E-state index is 5.25. The maximum atomic E-state index is 5.25. The molecule has 0 radical (unpaired) electrons. The SMILES string of the molecule is COc1cccc(CCCN(C)Cc2nnc(C)n2C)c1. The Hall–Kier alpha value is -1.88. The van der Waals surface area contributed by atoms with Gasteiger partial charge >= 0.3 is 0 Å². The largest absolute Gasteiger partial charge is 0.497 e. The summed E-state index contributed by atoms with van der Waals surface area (Å²) in [5, 5.41) is 8.29. The summed E-state index contributed by atoms with van der Waals surface area (Å²) in [6.07, 6.45) is 2.17. The van der Waals surface area contributed by atoms with Crippen molar-refractivity contribution in [3.8, 4) is 5.75 Å². The molecular weight excluding hydrogens is 264 g/mol. The van der Waals surface area contributed by atoms with Crippen LogP contribution in [0.5, 0.6) is 5.75 Å². The summed E-state index contributed by atoms with van der Waals surface area (Å²) in [6.45, 7) is 3.83. The molecule has 2 rings (SSSR count). The molecular formula is C16H24N4O. The second kappa shape index (κ2) is 7.22. The van der Waals surface area contributed by atoms with Crippen molar-refractivity contribution in [2.45, 2.75) is 26.3 Å². The summed E-state index contributed by atoms with van der Waals surface area (Å²) >= 11 is 0. The lowest BCUT2D eigenvalue weighted by molar-refractivity contribution is 0.310. The van der Waals surface area contributed by atoms with E-state index in [1.165, 1.54) is 5.56 Å². The Balaban J connectivity index is 1.78. The zero-order chi connectivity index (χ0) is 15.2. The molecule has 21 heavy (non-hydrogen) atoms. The minimum Gasteiger partial charge on any atom is -0.497 e. The predicted molar refractivity (Wildman–Crippen MR) is 83.4 cm³/mol. The molecule has 0 fully saturated rings. The monoisotopic (exact) mass is 288 g/mol. The molecule has 1 aromatic heterocycles. The van der Waals surface area contributed by atoms with Gasteiger partial charge < -0.3 is 9.30 Å². The maximum Gasteiger partial charge on any atom is 0.146 e. The summed E-state index contributed by atoms with van der Waals surface area (Å²) in [5.74, 6) is 2.89. The minimum absolute atomic E-state index is 0.829. The zero-order valence-electron chi connectivity index (χ0n) is 13.3. The molecule has 5 nitrogen and oxygen atoms in total. The number of hydrogen-bond donors (Lipinski definition) is 0. The molecule has 2 aromatic rings. The van der Waals surface area contributed by atoms with E-state index in [-0.39, 0.29) is 0 Å². The summed E-state index contributed by atoms with van der Waals surface area (Å²) in [6, 6.07) is 8.27. The van der Waals surface area contributed by atoms with Crippen molar-refractivity contribution in [1.82, 2.24) is 19.7 Å². The Morgan fingerprint density at radius 3 is 2.76 bits per heavy atom. The summed E-state index contributed by atoms with van der Waals surface area (Å²) in [7, 11) is 5.83. The number of aryl methyl sites for hydroxylation is 2. The highest BCUT2D eigenvalue weighted by Crippen LogP contribution is 2.14. The van der Waals surface area contributed by atoms with Crippen molar-refractivity contribution in [3.63, 3.8) is 0 Å². The van der Waals surface area contributed by atoms with Gasteiger partial charge in [0.05, 0.1) is 13.7 Å². The van der Waals surface area contributed by atoms with E-state index >= 15 is 0 Å². The van der Waals surface area contributed by atoms with Crippen molar-refractivity contribution in [3.05, 3.63) is 41.5 Å². The van der Waals surface area contributed by atoms with Gasteiger partial charge in [0.2, 0.25) is 0 Å². The topological polar surface area (TPSA) is 43.2 Å². The Morgan fingerprint density at radius 1 is 1.29 bits per heavy atom. The second-order valence-corrected chi connectivity index (χ2v) is 5.42. The summed E-state index contributed by atoms with van der Waals surface area (Å²) < 4.78 is 7.29. The first kappa shape index (κ1) is 15.5. The molecule has 0 aliphatic carbocycles. The Bertz CT molecular complexity index is 579. The Labute approximate surface area is 126 Å². The van der Waals surface area contributed by atoms with E-state index in [4.69, 9.17) is 4.74 Å². The molecule has 5 heteroatoms. The van der Waals surface area contributed by atoms with Gasteiger partial charge in [-0.3, -0.25) is 4.90 Å². The predicted octanol–water partition coefficient (Wildman–Crippen LogP) is 2.20. The van der Waals surface area contributed by atoms with Crippen molar-refractivity contribution < 1.29 is 4.74 Å². The number of nitrogens with zero attached hydrogens (tertiary/aromatic N) is 4. The Morgan fingerprint density at radius 2 is 2.10 bits per heavy atom. The average molecular weight is 288 g/mol. The Kier molecular flexibility index (Phi) is 5.33. The van der Waals surface area contributed by atoms with Crippen molar-refractivity contribution in [2.75, 3.05) is 20.7 Å². The molecule has 1 heterocycles. The van der Waals surface area contributed by atoms with Gasteiger partial charge in [-0.05, 0) is 51.1 Å². The van der Waals surface area contributed by atoms with E-state index in [1.54, 1.807) is 7.11 Å². The fourth-order valence-corrected chi connectivity index (χ4v) is 2.29. The van der Waals surface area contributed by atoms with Gasteiger partial charge in [-0.1, -0.05) is 12.1 Å². The lowest BCUT2D eigenvalue weighted by Crippen LogP contribution is -2.21. The van der Waals surface area contributed by atoms with Crippen LogP contribution in [0.2, 0.25) is 0 Å². The van der Waals surface area contributed by atoms with Crippen LogP contribution in [0.3, 0.4) is 0 Å². The molecule has 0 saturated carbocycles. The second-order valence-electron chi connectivity index (χ2n) is 5.42. The van der Waals surface area contributed by atoms with Crippen LogP contribution in [-0.2, 0) is 20.0 Å². The van der Waals surface area contributed by atoms with Gasteiger partial charge in [-0.25, -0.2) is 0 Å². The quantitative estimate of drug-likeness (QED) is 0.783. The molecule has 0 spiro atoms. The normalized spacial score (nSPS) is 11.1. The summed E-state index contributed by atoms with van der Waals surface area (Å²) in [5.41, 5.74) is 1.32. The standard InChI is InChI=1S/C16H24N4O/c1-13-17-18-16(20(13)3)12-19(2)10-6-8-14-7-5-9-15(11-14)21-4/h5,7,9,11H,6,8,10,12H2,1-4H3. The van der Waals surface area contributed by atoms with Crippen LogP contribution in [0.15, 0.2) is 24.3 Å². The molecule has 1 aromatic carbocycles. The number of aromatic nitrogens is 3. The van der Waals surface area contributed by atoms with E-state index in [9.17, 15) is 0 Å². The molecule has 0 N–H and O–H groups in total. The van der Waals surface area contributed by atoms with E-state index in [2.05, 4.69) is 34.3 Å². The average Bonchev–Trinajstić information content (AvgIpc) is 2.79. The van der Waals surface area contributed by atoms with Crippen molar-refractivity contribution >= 4 is 0 Å². The van der Waals surface area contributed by atoms with Crippen LogP contribution < -0.4 is 4.74 Å². The van der Waals surface area contributed by atoms with E-state index in [0.717, 1.165) is 43.3 Å². The van der Waals surface area contributed by atoms with Crippen LogP contribution in [0.25, 0.3) is 0 Å². The third kappa shape index (κ3) is 4.29. The molecule has 114 valence electrons. The highest BCUT2D eigenvalue weighted by Gasteiger charge is 2.08. The third-order valence-corrected chi connectivity index (χ3v) is 3.73. The van der Waals surface area contributed by atoms with Gasteiger partial charge in [0.25, 0.3) is 0 Å². The van der Waals surface area contributed by atoms with Crippen LogP contribution in [-0.4, -0.2) is 40.4 Å². The van der Waals surface area contributed by atoms with Gasteiger partial charge in [-0.2, -0.15) is 0 Å². The number of rotatable bonds is 7. The number of benzene rings is 1. The number of hydrogen-bond acceptors (Lipinski definition) is 4. The smallest absolute Gasteiger partial charge is 0.146 e. The molecule has 0 unspecified atom stereocenters. The lowest BCUT2D eigenvalue weighted by atomic mass is 10.1. The van der Waals surface area contributed by atoms with Gasteiger partial charge in [0.15, 0.2) is 0 Å². The fraction of sp³-hybridized carbons (Fsp3) is 0.500. The minimum atomic E-state index is 0.829. The van der Waals surface area contributed by atoms with Crippen LogP contribution >= 0.6 is 0 Å². The van der Waals surface area contributed by atoms with E-state index < -0.39 is 0 Å². The number of ether oxygens (including phenoxy) is 1. The first-order valence-electron chi connectivity index (χ1n) is 7.26. The molecule has 0 atom stereocenters. The first-order valence-corrected chi connectivity index (χ1v) is 7.26. The fourth-order valence-electron chi connectivity index (χ4n) is 2.29. The molecule has 0 bridgehead atoms. The highest BCUT2D eigenvalue weighted by molar-refractivity contribution is 5.28. The lowest BCUT2D eigenvalue weighted by Gasteiger charge is -2.16. The summed E-state index contributed by atoms with van der Waals surface area (Å²) in [4.78, 5) is 2.28. The van der Waals surface area contributed by atoms with Gasteiger partial charge in [0.1, 0.15) is 17.4 Å². The van der Waals surface area contributed by atoms with Gasteiger partial charge in [-0.15, -0.1) is 10.2 Å². The molecule has 0 aliphatic rings. The van der Waals surface area contributed by atoms with Crippen molar-refractivity contribution in [2.24, 2.45) is 7.05 Å². The molecule has 0 aliphatic heterocycles. The van der Waals surface area contributed by atoms with E-state index in [1.807, 2.05) is 30.7 Å². The third-order valence-electron chi connectivity index (χ3n) is 3.73. The molecule has 0 saturated heterocycles. The number of methoxy groups -OCH3 is 1. The highest BCUT2D eigenvalue weighted by atomic mass is 16.5. The van der Waals surface area contributed by atoms with Crippen LogP contribution in [0.1, 0.15) is 23.6 Å². The van der Waals surface area contributed by atoms with E-state index in [0.29, 0.717) is 0 Å². The zero-order valence-corrected chi connectivity index (χ0v) is 13.3.